The summed E-state index contributed by atoms with van der Waals surface area (Å²) in [5, 5.41) is 5.19. The lowest BCUT2D eigenvalue weighted by Crippen LogP contribution is -2.65. The molecule has 0 aromatic heterocycles. The Morgan fingerprint density at radius 2 is 1.50 bits per heavy atom. The SMILES string of the molecule is CNC(=O)C1(N(Cc2ccc(OC)cc2)C(=O)CNC(=O)OC(C)(C)C)CCN(C(=O)OC(C)(C)C)CC1. The fraction of sp³-hybridized carbons (Fsp3) is 0.630. The van der Waals surface area contributed by atoms with Gasteiger partial charge in [-0.1, -0.05) is 12.1 Å². The fourth-order valence-electron chi connectivity index (χ4n) is 4.19. The minimum atomic E-state index is -1.25. The van der Waals surface area contributed by atoms with Gasteiger partial charge in [0.05, 0.1) is 7.11 Å². The van der Waals surface area contributed by atoms with Gasteiger partial charge in [0.25, 0.3) is 0 Å². The van der Waals surface area contributed by atoms with Gasteiger partial charge in [-0.15, -0.1) is 0 Å². The molecule has 0 aliphatic carbocycles. The van der Waals surface area contributed by atoms with Gasteiger partial charge in [0.15, 0.2) is 0 Å². The summed E-state index contributed by atoms with van der Waals surface area (Å²) in [6.45, 7) is 10.7. The summed E-state index contributed by atoms with van der Waals surface area (Å²) in [7, 11) is 3.07. The Labute approximate surface area is 225 Å². The number of carbonyl (C=O) groups is 4. The third kappa shape index (κ3) is 8.53. The van der Waals surface area contributed by atoms with Crippen molar-refractivity contribution >= 4 is 24.0 Å². The Morgan fingerprint density at radius 1 is 0.947 bits per heavy atom. The van der Waals surface area contributed by atoms with Crippen molar-refractivity contribution in [3.8, 4) is 5.75 Å². The van der Waals surface area contributed by atoms with Crippen molar-refractivity contribution < 1.29 is 33.4 Å². The largest absolute Gasteiger partial charge is 0.497 e. The highest BCUT2D eigenvalue weighted by Gasteiger charge is 2.49. The lowest BCUT2D eigenvalue weighted by Gasteiger charge is -2.47. The number of ether oxygens (including phenoxy) is 3. The summed E-state index contributed by atoms with van der Waals surface area (Å²) in [6.07, 6.45) is -0.813. The minimum Gasteiger partial charge on any atom is -0.497 e. The first-order valence-corrected chi connectivity index (χ1v) is 12.7. The number of benzene rings is 1. The van der Waals surface area contributed by atoms with E-state index < -0.39 is 34.8 Å². The standard InChI is InChI=1S/C27H42N4O7/c1-25(2,3)37-23(34)29-17-21(32)31(18-19-9-11-20(36-8)12-10-19)27(22(33)28-7)13-15-30(16-14-27)24(35)38-26(4,5)6/h9-12H,13-18H2,1-8H3,(H,28,33)(H,29,34). The van der Waals surface area contributed by atoms with Crippen LogP contribution in [0.5, 0.6) is 5.75 Å². The van der Waals surface area contributed by atoms with Crippen molar-refractivity contribution in [2.24, 2.45) is 0 Å². The van der Waals surface area contributed by atoms with E-state index in [-0.39, 0.29) is 44.9 Å². The smallest absolute Gasteiger partial charge is 0.410 e. The Balaban J connectivity index is 2.34. The van der Waals surface area contributed by atoms with E-state index in [1.54, 1.807) is 65.7 Å². The van der Waals surface area contributed by atoms with E-state index in [1.165, 1.54) is 11.9 Å². The van der Waals surface area contributed by atoms with Crippen LogP contribution in [0.15, 0.2) is 24.3 Å². The number of nitrogens with zero attached hydrogens (tertiary/aromatic N) is 2. The molecule has 1 aliphatic rings. The topological polar surface area (TPSA) is 127 Å². The van der Waals surface area contributed by atoms with Crippen molar-refractivity contribution in [3.63, 3.8) is 0 Å². The van der Waals surface area contributed by atoms with Crippen LogP contribution in [0.1, 0.15) is 59.9 Å². The minimum absolute atomic E-state index is 0.110. The molecule has 212 valence electrons. The van der Waals surface area contributed by atoms with Crippen LogP contribution in [0.4, 0.5) is 9.59 Å². The second-order valence-electron chi connectivity index (χ2n) is 11.3. The zero-order valence-electron chi connectivity index (χ0n) is 23.8. The Bertz CT molecular complexity index is 988. The summed E-state index contributed by atoms with van der Waals surface area (Å²) in [5.74, 6) is -0.147. The number of methoxy groups -OCH3 is 1. The first-order chi connectivity index (χ1) is 17.6. The quantitative estimate of drug-likeness (QED) is 0.551. The molecule has 0 saturated carbocycles. The van der Waals surface area contributed by atoms with E-state index in [0.29, 0.717) is 5.75 Å². The van der Waals surface area contributed by atoms with E-state index in [2.05, 4.69) is 10.6 Å². The summed E-state index contributed by atoms with van der Waals surface area (Å²) < 4.78 is 16.0. The molecule has 1 aliphatic heterocycles. The van der Waals surface area contributed by atoms with Crippen LogP contribution in [-0.4, -0.2) is 84.3 Å². The number of carbonyl (C=O) groups excluding carboxylic acids is 4. The molecule has 0 spiro atoms. The molecule has 11 heteroatoms. The first-order valence-electron chi connectivity index (χ1n) is 12.7. The molecule has 2 rings (SSSR count). The lowest BCUT2D eigenvalue weighted by molar-refractivity contribution is -0.151. The molecule has 0 atom stereocenters. The predicted octanol–water partition coefficient (Wildman–Crippen LogP) is 3.06. The summed E-state index contributed by atoms with van der Waals surface area (Å²) in [5.41, 5.74) is -1.86. The van der Waals surface area contributed by atoms with Gasteiger partial charge in [0.2, 0.25) is 11.8 Å². The van der Waals surface area contributed by atoms with Gasteiger partial charge in [-0.05, 0) is 72.1 Å². The highest BCUT2D eigenvalue weighted by Crippen LogP contribution is 2.32. The summed E-state index contributed by atoms with van der Waals surface area (Å²) in [6, 6.07) is 7.17. The molecule has 0 unspecified atom stereocenters. The molecule has 1 aromatic carbocycles. The van der Waals surface area contributed by atoms with Gasteiger partial charge < -0.3 is 34.6 Å². The van der Waals surface area contributed by atoms with E-state index in [9.17, 15) is 19.2 Å². The Hall–Kier alpha value is -3.50. The van der Waals surface area contributed by atoms with Crippen LogP contribution in [0, 0.1) is 0 Å². The average Bonchev–Trinajstić information content (AvgIpc) is 2.83. The zero-order valence-corrected chi connectivity index (χ0v) is 23.8. The molecular formula is C27H42N4O7. The molecular weight excluding hydrogens is 492 g/mol. The van der Waals surface area contributed by atoms with Gasteiger partial charge in [0.1, 0.15) is 29.0 Å². The number of hydrogen-bond acceptors (Lipinski definition) is 7. The van der Waals surface area contributed by atoms with Gasteiger partial charge in [-0.3, -0.25) is 9.59 Å². The summed E-state index contributed by atoms with van der Waals surface area (Å²) >= 11 is 0. The van der Waals surface area contributed by atoms with Crippen LogP contribution in [0.25, 0.3) is 0 Å². The van der Waals surface area contributed by atoms with Crippen molar-refractivity contribution in [1.29, 1.82) is 0 Å². The predicted molar refractivity (Wildman–Crippen MR) is 142 cm³/mol. The van der Waals surface area contributed by atoms with Gasteiger partial charge in [-0.25, -0.2) is 9.59 Å². The molecule has 1 aromatic rings. The molecule has 0 bridgehead atoms. The molecule has 1 fully saturated rings. The number of hydrogen-bond donors (Lipinski definition) is 2. The Morgan fingerprint density at radius 3 is 1.97 bits per heavy atom. The molecule has 0 radical (unpaired) electrons. The van der Waals surface area contributed by atoms with Crippen molar-refractivity contribution in [1.82, 2.24) is 20.4 Å². The maximum atomic E-state index is 13.6. The number of amides is 4. The number of nitrogens with one attached hydrogen (secondary N) is 2. The maximum Gasteiger partial charge on any atom is 0.410 e. The van der Waals surface area contributed by atoms with E-state index in [1.807, 2.05) is 12.1 Å². The van der Waals surface area contributed by atoms with Crippen LogP contribution in [0.2, 0.25) is 0 Å². The third-order valence-electron chi connectivity index (χ3n) is 5.99. The zero-order chi connectivity index (χ0) is 28.7. The van der Waals surface area contributed by atoms with Gasteiger partial charge >= 0.3 is 12.2 Å². The number of likely N-dealkylation sites (N-methyl/N-ethyl adjacent to an activating group) is 1. The first kappa shape index (κ1) is 30.7. The molecule has 2 N–H and O–H groups in total. The molecule has 1 heterocycles. The van der Waals surface area contributed by atoms with Crippen LogP contribution >= 0.6 is 0 Å². The third-order valence-corrected chi connectivity index (χ3v) is 5.99. The van der Waals surface area contributed by atoms with E-state index in [4.69, 9.17) is 14.2 Å². The number of alkyl carbamates (subject to hydrolysis) is 1. The maximum absolute atomic E-state index is 13.6. The van der Waals surface area contributed by atoms with Crippen molar-refractivity contribution in [2.45, 2.75) is 77.7 Å². The second-order valence-corrected chi connectivity index (χ2v) is 11.3. The van der Waals surface area contributed by atoms with Gasteiger partial charge in [-0.2, -0.15) is 0 Å². The van der Waals surface area contributed by atoms with Crippen LogP contribution in [-0.2, 0) is 25.6 Å². The number of rotatable bonds is 7. The normalized spacial score (nSPS) is 15.2. The van der Waals surface area contributed by atoms with E-state index in [0.717, 1.165) is 5.56 Å². The van der Waals surface area contributed by atoms with E-state index >= 15 is 0 Å². The van der Waals surface area contributed by atoms with Crippen LogP contribution < -0.4 is 15.4 Å². The summed E-state index contributed by atoms with van der Waals surface area (Å²) in [4.78, 5) is 54.9. The monoisotopic (exact) mass is 534 g/mol. The molecule has 11 nitrogen and oxygen atoms in total. The van der Waals surface area contributed by atoms with Crippen LogP contribution in [0.3, 0.4) is 0 Å². The molecule has 38 heavy (non-hydrogen) atoms. The average molecular weight is 535 g/mol. The molecule has 4 amide bonds. The highest BCUT2D eigenvalue weighted by atomic mass is 16.6. The van der Waals surface area contributed by atoms with Crippen molar-refractivity contribution in [2.75, 3.05) is 33.8 Å². The number of likely N-dealkylation sites (tertiary alicyclic amines) is 1. The second kappa shape index (κ2) is 12.4. The Kier molecular flexibility index (Phi) is 9.99. The van der Waals surface area contributed by atoms with Gasteiger partial charge in [0, 0.05) is 26.7 Å². The highest BCUT2D eigenvalue weighted by molar-refractivity contribution is 5.93. The lowest BCUT2D eigenvalue weighted by atomic mass is 9.84. The number of piperidine rings is 1. The molecule has 1 saturated heterocycles. The van der Waals surface area contributed by atoms with Crippen molar-refractivity contribution in [3.05, 3.63) is 29.8 Å². The fourth-order valence-corrected chi connectivity index (χ4v) is 4.19.